The summed E-state index contributed by atoms with van der Waals surface area (Å²) in [5.41, 5.74) is 1.73. The summed E-state index contributed by atoms with van der Waals surface area (Å²) in [6.07, 6.45) is 3.51. The van der Waals surface area contributed by atoms with Gasteiger partial charge in [-0.2, -0.15) is 4.39 Å². The van der Waals surface area contributed by atoms with Crippen LogP contribution in [0.4, 0.5) is 22.0 Å². The van der Waals surface area contributed by atoms with Gasteiger partial charge >= 0.3 is 0 Å². The van der Waals surface area contributed by atoms with Crippen LogP contribution in [0.1, 0.15) is 42.9 Å². The van der Waals surface area contributed by atoms with Crippen molar-refractivity contribution in [3.63, 3.8) is 0 Å². The lowest BCUT2D eigenvalue weighted by atomic mass is 9.90. The van der Waals surface area contributed by atoms with Crippen molar-refractivity contribution in [2.75, 3.05) is 6.61 Å². The van der Waals surface area contributed by atoms with E-state index in [1.807, 2.05) is 6.08 Å². The average molecular weight is 488 g/mol. The SMILES string of the molecule is CCOc1ccc(-c2ccc(C3=CCC(OCc4ccc(C)c(F)c4F)CC3)cc2F)c(F)c1F. The lowest BCUT2D eigenvalue weighted by Gasteiger charge is -2.23. The molecule has 1 unspecified atom stereocenters. The zero-order valence-corrected chi connectivity index (χ0v) is 19.4. The molecule has 0 aliphatic heterocycles. The predicted molar refractivity (Wildman–Crippen MR) is 124 cm³/mol. The molecule has 0 heterocycles. The van der Waals surface area contributed by atoms with Crippen molar-refractivity contribution in [3.05, 3.63) is 94.3 Å². The van der Waals surface area contributed by atoms with E-state index < -0.39 is 29.1 Å². The molecule has 1 atom stereocenters. The van der Waals surface area contributed by atoms with Gasteiger partial charge < -0.3 is 9.47 Å². The Morgan fingerprint density at radius 2 is 1.63 bits per heavy atom. The Hall–Kier alpha value is -3.19. The minimum Gasteiger partial charge on any atom is -0.491 e. The summed E-state index contributed by atoms with van der Waals surface area (Å²) in [5.74, 6) is -4.95. The second-order valence-corrected chi connectivity index (χ2v) is 8.47. The van der Waals surface area contributed by atoms with E-state index in [4.69, 9.17) is 9.47 Å². The van der Waals surface area contributed by atoms with Gasteiger partial charge in [-0.05, 0) is 68.0 Å². The fourth-order valence-electron chi connectivity index (χ4n) is 4.17. The first kappa shape index (κ1) is 24.9. The molecule has 4 rings (SSSR count). The summed E-state index contributed by atoms with van der Waals surface area (Å²) in [6, 6.07) is 10.0. The maximum absolute atomic E-state index is 14.9. The average Bonchev–Trinajstić information content (AvgIpc) is 2.86. The van der Waals surface area contributed by atoms with Gasteiger partial charge in [-0.3, -0.25) is 0 Å². The molecule has 0 saturated heterocycles. The van der Waals surface area contributed by atoms with Crippen molar-refractivity contribution in [2.24, 2.45) is 0 Å². The summed E-state index contributed by atoms with van der Waals surface area (Å²) >= 11 is 0. The third-order valence-electron chi connectivity index (χ3n) is 6.17. The van der Waals surface area contributed by atoms with Crippen LogP contribution in [0.25, 0.3) is 16.7 Å². The minimum atomic E-state index is -1.16. The molecule has 7 heteroatoms. The number of hydrogen-bond acceptors (Lipinski definition) is 2. The Labute approximate surface area is 201 Å². The molecule has 0 radical (unpaired) electrons. The van der Waals surface area contributed by atoms with Crippen LogP contribution in [0, 0.1) is 36.0 Å². The van der Waals surface area contributed by atoms with Crippen LogP contribution < -0.4 is 4.74 Å². The Balaban J connectivity index is 1.44. The van der Waals surface area contributed by atoms with Gasteiger partial charge in [0.25, 0.3) is 0 Å². The van der Waals surface area contributed by atoms with Gasteiger partial charge in [0.05, 0.1) is 19.3 Å². The number of rotatable bonds is 7. The highest BCUT2D eigenvalue weighted by Crippen LogP contribution is 2.35. The lowest BCUT2D eigenvalue weighted by molar-refractivity contribution is 0.0342. The maximum atomic E-state index is 14.9. The number of hydrogen-bond donors (Lipinski definition) is 0. The largest absolute Gasteiger partial charge is 0.491 e. The normalized spacial score (nSPS) is 15.7. The first-order chi connectivity index (χ1) is 16.8. The Morgan fingerprint density at radius 1 is 0.857 bits per heavy atom. The van der Waals surface area contributed by atoms with E-state index in [1.54, 1.807) is 13.0 Å². The van der Waals surface area contributed by atoms with E-state index in [2.05, 4.69) is 0 Å². The third-order valence-corrected chi connectivity index (χ3v) is 6.17. The van der Waals surface area contributed by atoms with Gasteiger partial charge in [-0.1, -0.05) is 30.3 Å². The van der Waals surface area contributed by atoms with E-state index in [1.165, 1.54) is 43.3 Å². The minimum absolute atomic E-state index is 0.0373. The third kappa shape index (κ3) is 5.25. The first-order valence-electron chi connectivity index (χ1n) is 11.4. The summed E-state index contributed by atoms with van der Waals surface area (Å²) in [7, 11) is 0. The standard InChI is InChI=1S/C28H25F5O2/c1-3-34-24-13-12-22(27(32)28(24)33)21-11-8-18(14-23(21)29)17-6-9-20(10-7-17)35-15-19-5-4-16(2)25(30)26(19)31/h4-6,8,11-14,20H,3,7,9-10,15H2,1-2H3. The van der Waals surface area contributed by atoms with Crippen molar-refractivity contribution < 1.29 is 31.4 Å². The van der Waals surface area contributed by atoms with E-state index in [-0.39, 0.29) is 47.3 Å². The number of allylic oxidation sites excluding steroid dienone is 1. The van der Waals surface area contributed by atoms with Crippen LogP contribution in [0.3, 0.4) is 0 Å². The zero-order chi connectivity index (χ0) is 25.1. The zero-order valence-electron chi connectivity index (χ0n) is 19.4. The second kappa shape index (κ2) is 10.6. The summed E-state index contributed by atoms with van der Waals surface area (Å²) in [6.45, 7) is 3.30. The molecule has 1 aliphatic rings. The second-order valence-electron chi connectivity index (χ2n) is 8.47. The van der Waals surface area contributed by atoms with E-state index >= 15 is 0 Å². The molecule has 3 aromatic rings. The van der Waals surface area contributed by atoms with E-state index in [9.17, 15) is 22.0 Å². The number of halogens is 5. The van der Waals surface area contributed by atoms with Gasteiger partial charge in [0.1, 0.15) is 5.82 Å². The monoisotopic (exact) mass is 488 g/mol. The highest BCUT2D eigenvalue weighted by atomic mass is 19.2. The van der Waals surface area contributed by atoms with Crippen LogP contribution in [-0.4, -0.2) is 12.7 Å². The Bertz CT molecular complexity index is 1270. The molecule has 0 bridgehead atoms. The summed E-state index contributed by atoms with van der Waals surface area (Å²) in [5, 5.41) is 0. The van der Waals surface area contributed by atoms with E-state index in [0.717, 1.165) is 5.57 Å². The Morgan fingerprint density at radius 3 is 2.31 bits per heavy atom. The molecule has 184 valence electrons. The lowest BCUT2D eigenvalue weighted by Crippen LogP contribution is -2.16. The molecule has 0 aromatic heterocycles. The first-order valence-corrected chi connectivity index (χ1v) is 11.4. The van der Waals surface area contributed by atoms with Crippen molar-refractivity contribution in [1.82, 2.24) is 0 Å². The molecule has 3 aromatic carbocycles. The molecule has 0 fully saturated rings. The van der Waals surface area contributed by atoms with Crippen LogP contribution in [0.15, 0.2) is 48.5 Å². The van der Waals surface area contributed by atoms with Gasteiger partial charge in [-0.15, -0.1) is 0 Å². The van der Waals surface area contributed by atoms with Gasteiger partial charge in [-0.25, -0.2) is 17.6 Å². The molecule has 35 heavy (non-hydrogen) atoms. The number of benzene rings is 3. The quantitative estimate of drug-likeness (QED) is 0.315. The molecule has 0 amide bonds. The summed E-state index contributed by atoms with van der Waals surface area (Å²) < 4.78 is 82.2. The fourth-order valence-corrected chi connectivity index (χ4v) is 4.17. The molecule has 2 nitrogen and oxygen atoms in total. The van der Waals surface area contributed by atoms with Crippen molar-refractivity contribution in [3.8, 4) is 16.9 Å². The van der Waals surface area contributed by atoms with Crippen molar-refractivity contribution in [2.45, 2.75) is 45.8 Å². The van der Waals surface area contributed by atoms with Gasteiger partial charge in [0, 0.05) is 16.7 Å². The molecule has 1 aliphatic carbocycles. The highest BCUT2D eigenvalue weighted by molar-refractivity contribution is 5.72. The topological polar surface area (TPSA) is 18.5 Å². The van der Waals surface area contributed by atoms with Gasteiger partial charge in [0.15, 0.2) is 23.2 Å². The van der Waals surface area contributed by atoms with Crippen molar-refractivity contribution >= 4 is 5.57 Å². The molecular formula is C28H25F5O2. The fraction of sp³-hybridized carbons (Fsp3) is 0.286. The van der Waals surface area contributed by atoms with Crippen LogP contribution in [-0.2, 0) is 11.3 Å². The van der Waals surface area contributed by atoms with E-state index in [0.29, 0.717) is 24.8 Å². The molecular weight excluding hydrogens is 463 g/mol. The summed E-state index contributed by atoms with van der Waals surface area (Å²) in [4.78, 5) is 0. The maximum Gasteiger partial charge on any atom is 0.201 e. The number of aryl methyl sites for hydroxylation is 1. The van der Waals surface area contributed by atoms with Gasteiger partial charge in [0.2, 0.25) is 5.82 Å². The van der Waals surface area contributed by atoms with Crippen LogP contribution >= 0.6 is 0 Å². The predicted octanol–water partition coefficient (Wildman–Crippen LogP) is 7.91. The number of ether oxygens (including phenoxy) is 2. The van der Waals surface area contributed by atoms with Crippen LogP contribution in [0.5, 0.6) is 5.75 Å². The highest BCUT2D eigenvalue weighted by Gasteiger charge is 2.21. The van der Waals surface area contributed by atoms with Crippen LogP contribution in [0.2, 0.25) is 0 Å². The molecule has 0 N–H and O–H groups in total. The smallest absolute Gasteiger partial charge is 0.201 e. The van der Waals surface area contributed by atoms with Crippen molar-refractivity contribution in [1.29, 1.82) is 0 Å². The molecule has 0 spiro atoms. The Kier molecular flexibility index (Phi) is 7.55. The molecule has 0 saturated carbocycles.